The minimum absolute atomic E-state index is 0.0963. The van der Waals surface area contributed by atoms with Gasteiger partial charge in [-0.25, -0.2) is 0 Å². The summed E-state index contributed by atoms with van der Waals surface area (Å²) in [5.74, 6) is -0.650. The zero-order chi connectivity index (χ0) is 15.9. The molecule has 2 rings (SSSR count). The molecule has 0 spiro atoms. The van der Waals surface area contributed by atoms with Crippen LogP contribution in [0.15, 0.2) is 22.7 Å². The molecule has 120 valence electrons. The number of carboxylic acids is 1. The van der Waals surface area contributed by atoms with Crippen molar-refractivity contribution < 1.29 is 14.7 Å². The van der Waals surface area contributed by atoms with E-state index in [4.69, 9.17) is 5.11 Å². The zero-order valence-corrected chi connectivity index (χ0v) is 14.2. The lowest BCUT2D eigenvalue weighted by Crippen LogP contribution is -2.26. The lowest BCUT2D eigenvalue weighted by atomic mass is 10.1. The molecule has 1 aromatic carbocycles. The van der Waals surface area contributed by atoms with Crippen molar-refractivity contribution >= 4 is 27.8 Å². The van der Waals surface area contributed by atoms with E-state index in [1.165, 1.54) is 11.1 Å². The van der Waals surface area contributed by atoms with Crippen LogP contribution in [-0.4, -0.2) is 17.0 Å². The van der Waals surface area contributed by atoms with Crippen LogP contribution in [0.4, 0.5) is 0 Å². The molecule has 1 aliphatic rings. The van der Waals surface area contributed by atoms with Crippen molar-refractivity contribution in [2.45, 2.75) is 57.4 Å². The second kappa shape index (κ2) is 8.32. The summed E-state index contributed by atoms with van der Waals surface area (Å²) in [6, 6.07) is 6.38. The summed E-state index contributed by atoms with van der Waals surface area (Å²) in [7, 11) is 0. The predicted molar refractivity (Wildman–Crippen MR) is 88.7 cm³/mol. The first-order chi connectivity index (χ1) is 10.6. The number of carboxylic acid groups (broad SMARTS) is 1. The molecular weight excluding hydrogens is 346 g/mol. The minimum atomic E-state index is -0.746. The van der Waals surface area contributed by atoms with Crippen molar-refractivity contribution in [2.24, 2.45) is 0 Å². The van der Waals surface area contributed by atoms with E-state index in [0.29, 0.717) is 12.8 Å². The zero-order valence-electron chi connectivity index (χ0n) is 12.6. The summed E-state index contributed by atoms with van der Waals surface area (Å²) in [6.07, 6.45) is 6.03. The highest BCUT2D eigenvalue weighted by Crippen LogP contribution is 2.32. The molecule has 0 radical (unpaired) electrons. The first-order valence-corrected chi connectivity index (χ1v) is 8.65. The summed E-state index contributed by atoms with van der Waals surface area (Å²) in [4.78, 5) is 22.4. The van der Waals surface area contributed by atoms with Crippen molar-refractivity contribution in [1.29, 1.82) is 0 Å². The number of aliphatic carboxylic acids is 1. The first-order valence-electron chi connectivity index (χ1n) is 7.86. The van der Waals surface area contributed by atoms with E-state index in [9.17, 15) is 9.59 Å². The maximum Gasteiger partial charge on any atom is 0.303 e. The van der Waals surface area contributed by atoms with E-state index >= 15 is 0 Å². The molecule has 1 unspecified atom stereocenters. The van der Waals surface area contributed by atoms with Gasteiger partial charge in [0.15, 0.2) is 0 Å². The van der Waals surface area contributed by atoms with Gasteiger partial charge in [-0.1, -0.05) is 34.8 Å². The van der Waals surface area contributed by atoms with Gasteiger partial charge in [-0.3, -0.25) is 9.59 Å². The van der Waals surface area contributed by atoms with Gasteiger partial charge in [0.1, 0.15) is 0 Å². The van der Waals surface area contributed by atoms with Crippen molar-refractivity contribution in [3.05, 3.63) is 33.8 Å². The number of aryl methyl sites for hydroxylation is 1. The van der Waals surface area contributed by atoms with Gasteiger partial charge in [0.25, 0.3) is 0 Å². The smallest absolute Gasteiger partial charge is 0.303 e. The largest absolute Gasteiger partial charge is 0.481 e. The fraction of sp³-hybridized carbons (Fsp3) is 0.529. The summed E-state index contributed by atoms with van der Waals surface area (Å²) in [6.45, 7) is 0. The highest BCUT2D eigenvalue weighted by atomic mass is 79.9. The van der Waals surface area contributed by atoms with Crippen LogP contribution in [0.25, 0.3) is 0 Å². The normalized spacial score (nSPS) is 16.3. The van der Waals surface area contributed by atoms with Gasteiger partial charge >= 0.3 is 5.97 Å². The van der Waals surface area contributed by atoms with Crippen LogP contribution < -0.4 is 5.32 Å². The monoisotopic (exact) mass is 367 g/mol. The fourth-order valence-corrected chi connectivity index (χ4v) is 3.33. The number of hydrogen-bond donors (Lipinski definition) is 2. The molecule has 0 fully saturated rings. The highest BCUT2D eigenvalue weighted by Gasteiger charge is 2.23. The minimum Gasteiger partial charge on any atom is -0.481 e. The number of amides is 1. The van der Waals surface area contributed by atoms with Crippen LogP contribution in [-0.2, 0) is 16.0 Å². The average Bonchev–Trinajstić information content (AvgIpc) is 2.84. The molecule has 0 aliphatic heterocycles. The molecule has 1 aliphatic carbocycles. The van der Waals surface area contributed by atoms with Gasteiger partial charge in [0.05, 0.1) is 6.04 Å². The van der Waals surface area contributed by atoms with E-state index in [0.717, 1.165) is 36.6 Å². The standard InChI is InChI=1S/C17H22BrNO3/c18-13-8-9-14-12(11-13)7-10-15(14)19-16(20)5-3-1-2-4-6-17(21)22/h8-9,11,15H,1-7,10H2,(H,19,20)(H,21,22). The van der Waals surface area contributed by atoms with Crippen molar-refractivity contribution in [1.82, 2.24) is 5.32 Å². The predicted octanol–water partition coefficient (Wildman–Crippen LogP) is 3.98. The Balaban J connectivity index is 1.67. The van der Waals surface area contributed by atoms with Crippen LogP contribution in [0.5, 0.6) is 0 Å². The number of fused-ring (bicyclic) bond motifs is 1. The van der Waals surface area contributed by atoms with E-state index < -0.39 is 5.97 Å². The molecule has 0 heterocycles. The van der Waals surface area contributed by atoms with Gasteiger partial charge in [-0.05, 0) is 48.9 Å². The van der Waals surface area contributed by atoms with E-state index in [1.54, 1.807) is 0 Å². The molecule has 1 atom stereocenters. The molecule has 0 saturated carbocycles. The third kappa shape index (κ3) is 5.13. The lowest BCUT2D eigenvalue weighted by Gasteiger charge is -2.14. The molecule has 1 aromatic rings. The molecule has 2 N–H and O–H groups in total. The van der Waals surface area contributed by atoms with Gasteiger partial charge in [0.2, 0.25) is 5.91 Å². The summed E-state index contributed by atoms with van der Waals surface area (Å²) in [5, 5.41) is 11.7. The van der Waals surface area contributed by atoms with Gasteiger partial charge in [-0.15, -0.1) is 0 Å². The fourth-order valence-electron chi connectivity index (χ4n) is 2.92. The maximum absolute atomic E-state index is 12.0. The Kier molecular flexibility index (Phi) is 6.43. The second-order valence-corrected chi connectivity index (χ2v) is 6.73. The van der Waals surface area contributed by atoms with Gasteiger partial charge in [0, 0.05) is 17.3 Å². The second-order valence-electron chi connectivity index (χ2n) is 5.81. The maximum atomic E-state index is 12.0. The van der Waals surface area contributed by atoms with Crippen molar-refractivity contribution in [2.75, 3.05) is 0 Å². The summed E-state index contributed by atoms with van der Waals surface area (Å²) >= 11 is 3.48. The van der Waals surface area contributed by atoms with Crippen molar-refractivity contribution in [3.63, 3.8) is 0 Å². The van der Waals surface area contributed by atoms with Crippen LogP contribution in [0.2, 0.25) is 0 Å². The molecule has 4 nitrogen and oxygen atoms in total. The molecule has 1 amide bonds. The number of benzene rings is 1. The third-order valence-corrected chi connectivity index (χ3v) is 4.56. The molecule has 0 bridgehead atoms. The van der Waals surface area contributed by atoms with E-state index in [1.807, 2.05) is 6.07 Å². The van der Waals surface area contributed by atoms with Crippen molar-refractivity contribution in [3.8, 4) is 0 Å². The van der Waals surface area contributed by atoms with Gasteiger partial charge in [-0.2, -0.15) is 0 Å². The third-order valence-electron chi connectivity index (χ3n) is 4.06. The quantitative estimate of drug-likeness (QED) is 0.682. The van der Waals surface area contributed by atoms with Crippen LogP contribution in [0, 0.1) is 0 Å². The van der Waals surface area contributed by atoms with E-state index in [-0.39, 0.29) is 18.4 Å². The van der Waals surface area contributed by atoms with Gasteiger partial charge < -0.3 is 10.4 Å². The number of nitrogens with one attached hydrogen (secondary N) is 1. The molecule has 22 heavy (non-hydrogen) atoms. The molecular formula is C17H22BrNO3. The van der Waals surface area contributed by atoms with Crippen LogP contribution in [0.3, 0.4) is 0 Å². The first kappa shape index (κ1) is 17.0. The Labute approximate surface area is 139 Å². The molecule has 0 saturated heterocycles. The van der Waals surface area contributed by atoms with Crippen LogP contribution >= 0.6 is 15.9 Å². The Hall–Kier alpha value is -1.36. The lowest BCUT2D eigenvalue weighted by molar-refractivity contribution is -0.137. The topological polar surface area (TPSA) is 66.4 Å². The van der Waals surface area contributed by atoms with E-state index in [2.05, 4.69) is 33.4 Å². The Morgan fingerprint density at radius 1 is 1.18 bits per heavy atom. The SMILES string of the molecule is O=C(O)CCCCCCC(=O)NC1CCc2cc(Br)ccc21. The number of halogens is 1. The number of hydrogen-bond acceptors (Lipinski definition) is 2. The summed E-state index contributed by atoms with van der Waals surface area (Å²) < 4.78 is 1.08. The number of rotatable bonds is 8. The Bertz CT molecular complexity index is 545. The molecule has 5 heteroatoms. The summed E-state index contributed by atoms with van der Waals surface area (Å²) in [5.41, 5.74) is 2.55. The number of carbonyl (C=O) groups excluding carboxylic acids is 1. The number of unbranched alkanes of at least 4 members (excludes halogenated alkanes) is 3. The van der Waals surface area contributed by atoms with Crippen LogP contribution in [0.1, 0.15) is 62.1 Å². The number of carbonyl (C=O) groups is 2. The Morgan fingerprint density at radius 3 is 2.64 bits per heavy atom. The molecule has 0 aromatic heterocycles. The average molecular weight is 368 g/mol. The highest BCUT2D eigenvalue weighted by molar-refractivity contribution is 9.10. The Morgan fingerprint density at radius 2 is 1.91 bits per heavy atom.